The van der Waals surface area contributed by atoms with E-state index in [9.17, 15) is 9.59 Å². The molecule has 0 aliphatic heterocycles. The molecule has 0 radical (unpaired) electrons. The zero-order valence-corrected chi connectivity index (χ0v) is 6.23. The predicted molar refractivity (Wildman–Crippen MR) is 40.0 cm³/mol. The summed E-state index contributed by atoms with van der Waals surface area (Å²) in [6, 6.07) is -0.847. The molecule has 0 bridgehead atoms. The van der Waals surface area contributed by atoms with E-state index in [1.807, 2.05) is 5.32 Å². The number of urea groups is 1. The molecular weight excluding hydrogens is 160 g/mol. The molecule has 0 saturated heterocycles. The van der Waals surface area contributed by atoms with Crippen LogP contribution in [0.1, 0.15) is 0 Å². The lowest BCUT2D eigenvalue weighted by atomic mass is 10.6. The van der Waals surface area contributed by atoms with Gasteiger partial charge in [-0.3, -0.25) is 10.1 Å². The van der Waals surface area contributed by atoms with Crippen LogP contribution < -0.4 is 11.1 Å². The molecule has 0 aliphatic rings. The van der Waals surface area contributed by atoms with Crippen molar-refractivity contribution in [2.45, 2.75) is 6.54 Å². The van der Waals surface area contributed by atoms with Crippen molar-refractivity contribution in [1.29, 1.82) is 0 Å². The van der Waals surface area contributed by atoms with E-state index in [0.29, 0.717) is 0 Å². The minimum absolute atomic E-state index is 0.0446. The molecule has 3 amide bonds. The Morgan fingerprint density at radius 1 is 1.58 bits per heavy atom. The highest BCUT2D eigenvalue weighted by molar-refractivity contribution is 5.93. The van der Waals surface area contributed by atoms with E-state index in [1.165, 1.54) is 17.1 Å². The lowest BCUT2D eigenvalue weighted by Gasteiger charge is -2.00. The minimum Gasteiger partial charge on any atom is -0.351 e. The number of carbonyl (C=O) groups is 2. The third-order valence-corrected chi connectivity index (χ3v) is 1.15. The van der Waals surface area contributed by atoms with Crippen molar-refractivity contribution in [3.05, 3.63) is 18.7 Å². The lowest BCUT2D eigenvalue weighted by molar-refractivity contribution is -0.120. The van der Waals surface area contributed by atoms with Crippen LogP contribution in [0.5, 0.6) is 0 Å². The lowest BCUT2D eigenvalue weighted by Crippen LogP contribution is -2.36. The van der Waals surface area contributed by atoms with Crippen molar-refractivity contribution < 1.29 is 9.59 Å². The summed E-state index contributed by atoms with van der Waals surface area (Å²) in [5.41, 5.74) is 4.73. The third-order valence-electron chi connectivity index (χ3n) is 1.15. The SMILES string of the molecule is NC(=O)NC(=O)Cn1ccnc1. The fraction of sp³-hybridized carbons (Fsp3) is 0.167. The monoisotopic (exact) mass is 168 g/mol. The predicted octanol–water partition coefficient (Wildman–Crippen LogP) is -0.922. The Bertz CT molecular complexity index is 280. The van der Waals surface area contributed by atoms with Crippen LogP contribution in [-0.4, -0.2) is 21.5 Å². The van der Waals surface area contributed by atoms with E-state index in [-0.39, 0.29) is 6.54 Å². The van der Waals surface area contributed by atoms with Crippen LogP contribution in [0.25, 0.3) is 0 Å². The molecule has 0 unspecified atom stereocenters. The molecule has 1 aromatic rings. The van der Waals surface area contributed by atoms with Crippen LogP contribution in [0.4, 0.5) is 4.79 Å². The summed E-state index contributed by atoms with van der Waals surface area (Å²) < 4.78 is 1.53. The van der Waals surface area contributed by atoms with E-state index < -0.39 is 11.9 Å². The fourth-order valence-corrected chi connectivity index (χ4v) is 0.723. The zero-order valence-electron chi connectivity index (χ0n) is 6.23. The number of rotatable bonds is 2. The van der Waals surface area contributed by atoms with Crippen LogP contribution in [-0.2, 0) is 11.3 Å². The second-order valence-corrected chi connectivity index (χ2v) is 2.15. The molecule has 1 aromatic heterocycles. The number of nitrogens with zero attached hydrogens (tertiary/aromatic N) is 2. The van der Waals surface area contributed by atoms with Crippen LogP contribution in [0.15, 0.2) is 18.7 Å². The Hall–Kier alpha value is -1.85. The largest absolute Gasteiger partial charge is 0.351 e. The number of hydrogen-bond donors (Lipinski definition) is 2. The van der Waals surface area contributed by atoms with Crippen molar-refractivity contribution in [1.82, 2.24) is 14.9 Å². The van der Waals surface area contributed by atoms with E-state index in [4.69, 9.17) is 5.73 Å². The molecule has 3 N–H and O–H groups in total. The summed E-state index contributed by atoms with van der Waals surface area (Å²) in [4.78, 5) is 24.8. The molecule has 1 heterocycles. The molecule has 0 spiro atoms. The van der Waals surface area contributed by atoms with Gasteiger partial charge in [-0.15, -0.1) is 0 Å². The van der Waals surface area contributed by atoms with Crippen molar-refractivity contribution in [3.63, 3.8) is 0 Å². The van der Waals surface area contributed by atoms with Gasteiger partial charge in [-0.1, -0.05) is 0 Å². The summed E-state index contributed by atoms with van der Waals surface area (Å²) in [5, 5.41) is 1.93. The highest BCUT2D eigenvalue weighted by Crippen LogP contribution is 1.84. The van der Waals surface area contributed by atoms with Gasteiger partial charge in [0.05, 0.1) is 6.33 Å². The summed E-state index contributed by atoms with van der Waals surface area (Å²) >= 11 is 0. The summed E-state index contributed by atoms with van der Waals surface area (Å²) in [6.07, 6.45) is 4.62. The first kappa shape index (κ1) is 8.25. The summed E-state index contributed by atoms with van der Waals surface area (Å²) in [6.45, 7) is 0.0446. The number of imidazole rings is 1. The first-order chi connectivity index (χ1) is 5.68. The second kappa shape index (κ2) is 3.51. The Balaban J connectivity index is 2.42. The number of aromatic nitrogens is 2. The number of nitrogens with one attached hydrogen (secondary N) is 1. The number of primary amides is 1. The highest BCUT2D eigenvalue weighted by atomic mass is 16.2. The van der Waals surface area contributed by atoms with Gasteiger partial charge in [0.25, 0.3) is 0 Å². The maximum atomic E-state index is 10.9. The molecule has 64 valence electrons. The maximum Gasteiger partial charge on any atom is 0.318 e. The van der Waals surface area contributed by atoms with Gasteiger partial charge >= 0.3 is 6.03 Å². The van der Waals surface area contributed by atoms with Gasteiger partial charge in [-0.2, -0.15) is 0 Å². The van der Waals surface area contributed by atoms with Crippen LogP contribution >= 0.6 is 0 Å². The third kappa shape index (κ3) is 2.41. The van der Waals surface area contributed by atoms with Gasteiger partial charge in [0, 0.05) is 12.4 Å². The van der Waals surface area contributed by atoms with Gasteiger partial charge in [-0.05, 0) is 0 Å². The summed E-state index contributed by atoms with van der Waals surface area (Å²) in [7, 11) is 0. The molecule has 6 nitrogen and oxygen atoms in total. The van der Waals surface area contributed by atoms with Gasteiger partial charge in [-0.25, -0.2) is 9.78 Å². The standard InChI is InChI=1S/C6H8N4O2/c7-6(12)9-5(11)3-10-2-1-8-4-10/h1-2,4H,3H2,(H3,7,9,11,12). The van der Waals surface area contributed by atoms with E-state index in [2.05, 4.69) is 4.98 Å². The molecule has 0 saturated carbocycles. The first-order valence-corrected chi connectivity index (χ1v) is 3.23. The van der Waals surface area contributed by atoms with E-state index >= 15 is 0 Å². The Kier molecular flexibility index (Phi) is 2.42. The quantitative estimate of drug-likeness (QED) is 0.598. The number of hydrogen-bond acceptors (Lipinski definition) is 3. The van der Waals surface area contributed by atoms with E-state index in [1.54, 1.807) is 6.20 Å². The molecule has 0 aromatic carbocycles. The molecule has 6 heteroatoms. The van der Waals surface area contributed by atoms with Crippen LogP contribution in [0.3, 0.4) is 0 Å². The van der Waals surface area contributed by atoms with Crippen molar-refractivity contribution >= 4 is 11.9 Å². The average molecular weight is 168 g/mol. The smallest absolute Gasteiger partial charge is 0.318 e. The first-order valence-electron chi connectivity index (χ1n) is 3.23. The Morgan fingerprint density at radius 2 is 2.33 bits per heavy atom. The average Bonchev–Trinajstić information content (AvgIpc) is 2.37. The van der Waals surface area contributed by atoms with Crippen molar-refractivity contribution in [2.24, 2.45) is 5.73 Å². The van der Waals surface area contributed by atoms with Crippen LogP contribution in [0, 0.1) is 0 Å². The number of carbonyl (C=O) groups excluding carboxylic acids is 2. The molecule has 0 aliphatic carbocycles. The molecule has 0 atom stereocenters. The molecule has 1 rings (SSSR count). The normalized spacial score (nSPS) is 9.33. The van der Waals surface area contributed by atoms with Gasteiger partial charge < -0.3 is 10.3 Å². The zero-order chi connectivity index (χ0) is 8.97. The van der Waals surface area contributed by atoms with Crippen molar-refractivity contribution in [3.8, 4) is 0 Å². The molecular formula is C6H8N4O2. The van der Waals surface area contributed by atoms with Crippen LogP contribution in [0.2, 0.25) is 0 Å². The molecule has 0 fully saturated rings. The summed E-state index contributed by atoms with van der Waals surface area (Å²) in [5.74, 6) is -0.458. The minimum atomic E-state index is -0.847. The topological polar surface area (TPSA) is 90.0 Å². The Labute approximate surface area is 68.4 Å². The highest BCUT2D eigenvalue weighted by Gasteiger charge is 2.03. The Morgan fingerprint density at radius 3 is 2.83 bits per heavy atom. The number of imide groups is 1. The van der Waals surface area contributed by atoms with Gasteiger partial charge in [0.1, 0.15) is 6.54 Å². The van der Waals surface area contributed by atoms with E-state index in [0.717, 1.165) is 0 Å². The van der Waals surface area contributed by atoms with Gasteiger partial charge in [0.2, 0.25) is 5.91 Å². The van der Waals surface area contributed by atoms with Crippen molar-refractivity contribution in [2.75, 3.05) is 0 Å². The van der Waals surface area contributed by atoms with Gasteiger partial charge in [0.15, 0.2) is 0 Å². The maximum absolute atomic E-state index is 10.9. The fourth-order valence-electron chi connectivity index (χ4n) is 0.723. The number of nitrogens with two attached hydrogens (primary N) is 1. The number of amides is 3. The molecule has 12 heavy (non-hydrogen) atoms. The second-order valence-electron chi connectivity index (χ2n) is 2.15.